The van der Waals surface area contributed by atoms with Gasteiger partial charge in [-0.25, -0.2) is 0 Å². The highest BCUT2D eigenvalue weighted by atomic mass is 127. The van der Waals surface area contributed by atoms with Crippen LogP contribution in [0.1, 0.15) is 25.7 Å². The van der Waals surface area contributed by atoms with Crippen LogP contribution in [0.15, 0.2) is 6.20 Å². The summed E-state index contributed by atoms with van der Waals surface area (Å²) in [5, 5.41) is 0. The van der Waals surface area contributed by atoms with Crippen LogP contribution < -0.4 is 4.62 Å². The van der Waals surface area contributed by atoms with Crippen LogP contribution in [-0.2, 0) is 4.57 Å². The summed E-state index contributed by atoms with van der Waals surface area (Å²) in [6.45, 7) is 0. The van der Waals surface area contributed by atoms with Crippen LogP contribution in [0.5, 0.6) is 0 Å². The van der Waals surface area contributed by atoms with Gasteiger partial charge in [-0.3, -0.25) is 0 Å². The topological polar surface area (TPSA) is 30.0 Å². The first-order valence-corrected chi connectivity index (χ1v) is 8.63. The third-order valence-electron chi connectivity index (χ3n) is 3.01. The molecule has 2 fully saturated rings. The van der Waals surface area contributed by atoms with E-state index in [-0.39, 0.29) is 0 Å². The van der Waals surface area contributed by atoms with E-state index in [1.807, 2.05) is 6.20 Å². The van der Waals surface area contributed by atoms with Crippen LogP contribution in [-0.4, -0.2) is 15.7 Å². The largest absolute Gasteiger partial charge is 0.317 e. The number of nitrogens with zero attached hydrogens (tertiary/aromatic N) is 1. The molecule has 0 saturated heterocycles. The van der Waals surface area contributed by atoms with Crippen molar-refractivity contribution in [1.82, 2.24) is 4.37 Å². The van der Waals surface area contributed by atoms with E-state index in [4.69, 9.17) is 0 Å². The van der Waals surface area contributed by atoms with Gasteiger partial charge in [0.2, 0.25) is 0 Å². The van der Waals surface area contributed by atoms with Gasteiger partial charge in [-0.1, -0.05) is 0 Å². The number of halogens is 1. The molecule has 0 amide bonds. The van der Waals surface area contributed by atoms with Crippen molar-refractivity contribution in [3.05, 3.63) is 9.77 Å². The zero-order chi connectivity index (χ0) is 9.76. The van der Waals surface area contributed by atoms with E-state index in [1.54, 1.807) is 0 Å². The second-order valence-corrected chi connectivity index (χ2v) is 9.74. The van der Waals surface area contributed by atoms with Gasteiger partial charge < -0.3 is 4.57 Å². The zero-order valence-corrected chi connectivity index (χ0v) is 11.5. The van der Waals surface area contributed by atoms with Crippen LogP contribution in [0.2, 0.25) is 0 Å². The molecule has 3 rings (SSSR count). The van der Waals surface area contributed by atoms with Gasteiger partial charge in [-0.2, -0.15) is 4.37 Å². The Morgan fingerprint density at radius 1 is 1.36 bits per heavy atom. The summed E-state index contributed by atoms with van der Waals surface area (Å²) in [6.07, 6.45) is 6.59. The summed E-state index contributed by atoms with van der Waals surface area (Å²) in [5.74, 6) is 0. The van der Waals surface area contributed by atoms with Crippen molar-refractivity contribution in [2.45, 2.75) is 37.0 Å². The summed E-state index contributed by atoms with van der Waals surface area (Å²) >= 11 is 3.75. The van der Waals surface area contributed by atoms with Crippen molar-refractivity contribution in [2.24, 2.45) is 0 Å². The van der Waals surface area contributed by atoms with Gasteiger partial charge in [0.15, 0.2) is 0 Å². The van der Waals surface area contributed by atoms with E-state index < -0.39 is 7.14 Å². The van der Waals surface area contributed by atoms with Gasteiger partial charge in [0.25, 0.3) is 0 Å². The maximum absolute atomic E-state index is 13.0. The van der Waals surface area contributed by atoms with Gasteiger partial charge in [0.05, 0.1) is 14.4 Å². The van der Waals surface area contributed by atoms with Crippen LogP contribution in [0.3, 0.4) is 0 Å². The Bertz CT molecular complexity index is 395. The molecule has 0 radical (unpaired) electrons. The van der Waals surface area contributed by atoms with E-state index in [2.05, 4.69) is 27.0 Å². The quantitative estimate of drug-likeness (QED) is 0.626. The molecule has 0 bridgehead atoms. The molecule has 5 heteroatoms. The number of hydrogen-bond donors (Lipinski definition) is 0. The maximum atomic E-state index is 13.0. The molecule has 0 N–H and O–H groups in total. The SMILES string of the molecule is O=P(c1sncc1I)(C1CC1)C1CC1. The predicted molar refractivity (Wildman–Crippen MR) is 68.1 cm³/mol. The molecular weight excluding hydrogens is 328 g/mol. The molecule has 0 spiro atoms. The fourth-order valence-electron chi connectivity index (χ4n) is 2.00. The monoisotopic (exact) mass is 339 g/mol. The second kappa shape index (κ2) is 3.29. The number of aromatic nitrogens is 1. The van der Waals surface area contributed by atoms with Crippen LogP contribution >= 0.6 is 41.3 Å². The van der Waals surface area contributed by atoms with E-state index in [9.17, 15) is 4.57 Å². The third-order valence-corrected chi connectivity index (χ3v) is 10.4. The Balaban J connectivity index is 2.07. The molecule has 2 nitrogen and oxygen atoms in total. The average molecular weight is 339 g/mol. The van der Waals surface area contributed by atoms with Gasteiger partial charge in [-0.05, 0) is 59.8 Å². The lowest BCUT2D eigenvalue weighted by Crippen LogP contribution is -2.11. The van der Waals surface area contributed by atoms with Crippen LogP contribution in [0.25, 0.3) is 0 Å². The highest BCUT2D eigenvalue weighted by Crippen LogP contribution is 2.70. The Hall–Kier alpha value is 0.590. The minimum Gasteiger partial charge on any atom is -0.317 e. The summed E-state index contributed by atoms with van der Waals surface area (Å²) in [7, 11) is -2.03. The summed E-state index contributed by atoms with van der Waals surface area (Å²) in [5.41, 5.74) is 1.04. The molecule has 1 aromatic heterocycles. The van der Waals surface area contributed by atoms with Crippen molar-refractivity contribution < 1.29 is 4.57 Å². The van der Waals surface area contributed by atoms with E-state index in [1.165, 1.54) is 37.2 Å². The smallest absolute Gasteiger partial charge is 0.133 e. The van der Waals surface area contributed by atoms with Crippen molar-refractivity contribution in [1.29, 1.82) is 0 Å². The Kier molecular flexibility index (Phi) is 2.30. The summed E-state index contributed by atoms with van der Waals surface area (Å²) in [6, 6.07) is 0. The number of hydrogen-bond acceptors (Lipinski definition) is 3. The molecular formula is C9H11INOPS. The molecule has 0 atom stereocenters. The number of rotatable bonds is 3. The minimum atomic E-state index is -2.03. The first-order chi connectivity index (χ1) is 6.73. The molecule has 2 aliphatic carbocycles. The molecule has 1 aromatic rings. The molecule has 1 heterocycles. The fourth-order valence-corrected chi connectivity index (χ4v) is 9.18. The summed E-state index contributed by atoms with van der Waals surface area (Å²) in [4.78, 5) is 0. The normalized spacial score (nSPS) is 22.6. The van der Waals surface area contributed by atoms with E-state index in [0.717, 1.165) is 8.19 Å². The zero-order valence-electron chi connectivity index (χ0n) is 7.65. The first kappa shape index (κ1) is 9.79. The van der Waals surface area contributed by atoms with Crippen molar-refractivity contribution in [3.8, 4) is 0 Å². The fraction of sp³-hybridized carbons (Fsp3) is 0.667. The van der Waals surface area contributed by atoms with Gasteiger partial charge in [0.1, 0.15) is 7.14 Å². The van der Waals surface area contributed by atoms with Crippen molar-refractivity contribution >= 4 is 45.9 Å². The molecule has 0 aromatic carbocycles. The first-order valence-electron chi connectivity index (χ1n) is 4.93. The van der Waals surface area contributed by atoms with E-state index >= 15 is 0 Å². The molecule has 2 aliphatic rings. The highest BCUT2D eigenvalue weighted by molar-refractivity contribution is 14.1. The van der Waals surface area contributed by atoms with Gasteiger partial charge >= 0.3 is 0 Å². The lowest BCUT2D eigenvalue weighted by molar-refractivity contribution is 0.579. The van der Waals surface area contributed by atoms with Crippen molar-refractivity contribution in [3.63, 3.8) is 0 Å². The van der Waals surface area contributed by atoms with Gasteiger partial charge in [-0.15, -0.1) is 0 Å². The van der Waals surface area contributed by atoms with Crippen LogP contribution in [0.4, 0.5) is 0 Å². The van der Waals surface area contributed by atoms with Crippen molar-refractivity contribution in [2.75, 3.05) is 0 Å². The average Bonchev–Trinajstić information content (AvgIpc) is 3.00. The summed E-state index contributed by atoms with van der Waals surface area (Å²) < 4.78 is 19.4. The van der Waals surface area contributed by atoms with Gasteiger partial charge in [0, 0.05) is 11.3 Å². The maximum Gasteiger partial charge on any atom is 0.133 e. The molecule has 14 heavy (non-hydrogen) atoms. The third kappa shape index (κ3) is 1.41. The molecule has 0 aliphatic heterocycles. The Morgan fingerprint density at radius 2 is 1.93 bits per heavy atom. The molecule has 2 saturated carbocycles. The minimum absolute atomic E-state index is 0.518. The molecule has 76 valence electrons. The van der Waals surface area contributed by atoms with Crippen LogP contribution in [0, 0.1) is 3.57 Å². The second-order valence-electron chi connectivity index (χ2n) is 4.15. The highest BCUT2D eigenvalue weighted by Gasteiger charge is 2.53. The van der Waals surface area contributed by atoms with E-state index in [0.29, 0.717) is 11.3 Å². The Morgan fingerprint density at radius 3 is 2.29 bits per heavy atom. The lowest BCUT2D eigenvalue weighted by Gasteiger charge is -2.15. The lowest BCUT2D eigenvalue weighted by atomic mass is 10.8. The molecule has 0 unspecified atom stereocenters. The Labute approximate surface area is 101 Å². The standard InChI is InChI=1S/C9H11INOPS/c10-8-5-11-14-9(8)13(12,6-1-2-6)7-3-4-7/h5-7H,1-4H2. The predicted octanol–water partition coefficient (Wildman–Crippen LogP) is 3.06.